The Kier molecular flexibility index (Phi) is 5.18. The van der Waals surface area contributed by atoms with Gasteiger partial charge in [-0.1, -0.05) is 13.0 Å². The van der Waals surface area contributed by atoms with Gasteiger partial charge in [0.15, 0.2) is 5.82 Å². The standard InChI is InChI=1S/C18H22FN3O/c1-2-14-5-6-15(21-12-14)13-22-10-7-16(8-11-22)23-18-17(19)4-3-9-20-18/h3-6,9,12,16H,2,7-8,10-11,13H2,1H3. The van der Waals surface area contributed by atoms with Gasteiger partial charge in [0, 0.05) is 32.0 Å². The molecule has 0 saturated carbocycles. The van der Waals surface area contributed by atoms with Crippen LogP contribution in [0.3, 0.4) is 0 Å². The molecule has 0 aromatic carbocycles. The Morgan fingerprint density at radius 2 is 2.04 bits per heavy atom. The molecule has 1 fully saturated rings. The van der Waals surface area contributed by atoms with Gasteiger partial charge in [-0.2, -0.15) is 0 Å². The van der Waals surface area contributed by atoms with Gasteiger partial charge in [0.2, 0.25) is 0 Å². The molecule has 4 nitrogen and oxygen atoms in total. The van der Waals surface area contributed by atoms with Crippen LogP contribution in [0.25, 0.3) is 0 Å². The van der Waals surface area contributed by atoms with Gasteiger partial charge in [-0.25, -0.2) is 9.37 Å². The van der Waals surface area contributed by atoms with E-state index in [2.05, 4.69) is 33.9 Å². The summed E-state index contributed by atoms with van der Waals surface area (Å²) in [7, 11) is 0. The number of piperidine rings is 1. The lowest BCUT2D eigenvalue weighted by atomic mass is 10.1. The van der Waals surface area contributed by atoms with Crippen molar-refractivity contribution >= 4 is 0 Å². The molecule has 0 amide bonds. The van der Waals surface area contributed by atoms with Crippen molar-refractivity contribution in [2.45, 2.75) is 38.8 Å². The highest BCUT2D eigenvalue weighted by molar-refractivity contribution is 5.14. The zero-order valence-electron chi connectivity index (χ0n) is 13.4. The first-order chi connectivity index (χ1) is 11.2. The third-order valence-corrected chi connectivity index (χ3v) is 4.22. The Bertz CT molecular complexity index is 624. The predicted octanol–water partition coefficient (Wildman–Crippen LogP) is 3.22. The Balaban J connectivity index is 1.49. The maximum absolute atomic E-state index is 13.6. The SMILES string of the molecule is CCc1ccc(CN2CCC(Oc3ncccc3F)CC2)nc1. The number of hydrogen-bond acceptors (Lipinski definition) is 4. The largest absolute Gasteiger partial charge is 0.472 e. The Hall–Kier alpha value is -2.01. The van der Waals surface area contributed by atoms with E-state index in [-0.39, 0.29) is 12.0 Å². The van der Waals surface area contributed by atoms with Gasteiger partial charge >= 0.3 is 0 Å². The maximum Gasteiger partial charge on any atom is 0.250 e. The van der Waals surface area contributed by atoms with Gasteiger partial charge in [-0.05, 0) is 43.0 Å². The number of ether oxygens (including phenoxy) is 1. The lowest BCUT2D eigenvalue weighted by Gasteiger charge is -2.31. The van der Waals surface area contributed by atoms with E-state index >= 15 is 0 Å². The van der Waals surface area contributed by atoms with Gasteiger partial charge < -0.3 is 4.74 Å². The molecule has 0 atom stereocenters. The number of aromatic nitrogens is 2. The first-order valence-corrected chi connectivity index (χ1v) is 8.18. The summed E-state index contributed by atoms with van der Waals surface area (Å²) < 4.78 is 19.3. The summed E-state index contributed by atoms with van der Waals surface area (Å²) in [6, 6.07) is 7.19. The van der Waals surface area contributed by atoms with Crippen molar-refractivity contribution in [2.75, 3.05) is 13.1 Å². The number of pyridine rings is 2. The minimum Gasteiger partial charge on any atom is -0.472 e. The summed E-state index contributed by atoms with van der Waals surface area (Å²) >= 11 is 0. The molecule has 122 valence electrons. The molecular weight excluding hydrogens is 293 g/mol. The van der Waals surface area contributed by atoms with Crippen LogP contribution in [0.4, 0.5) is 4.39 Å². The van der Waals surface area contributed by atoms with Crippen molar-refractivity contribution in [3.63, 3.8) is 0 Å². The Morgan fingerprint density at radius 3 is 2.70 bits per heavy atom. The molecular formula is C18H22FN3O. The Morgan fingerprint density at radius 1 is 1.22 bits per heavy atom. The lowest BCUT2D eigenvalue weighted by Crippen LogP contribution is -2.38. The number of rotatable bonds is 5. The van der Waals surface area contributed by atoms with Gasteiger partial charge in [-0.15, -0.1) is 0 Å². The van der Waals surface area contributed by atoms with Crippen molar-refractivity contribution < 1.29 is 9.13 Å². The molecule has 0 N–H and O–H groups in total. The van der Waals surface area contributed by atoms with Gasteiger partial charge in [0.25, 0.3) is 5.88 Å². The average Bonchev–Trinajstić information content (AvgIpc) is 2.59. The van der Waals surface area contributed by atoms with Crippen molar-refractivity contribution in [1.82, 2.24) is 14.9 Å². The lowest BCUT2D eigenvalue weighted by molar-refractivity contribution is 0.0890. The molecule has 0 spiro atoms. The summed E-state index contributed by atoms with van der Waals surface area (Å²) in [6.07, 6.45) is 6.31. The summed E-state index contributed by atoms with van der Waals surface area (Å²) in [6.45, 7) is 4.84. The fourth-order valence-corrected chi connectivity index (χ4v) is 2.79. The molecule has 23 heavy (non-hydrogen) atoms. The second kappa shape index (κ2) is 7.51. The summed E-state index contributed by atoms with van der Waals surface area (Å²) in [5.41, 5.74) is 2.36. The summed E-state index contributed by atoms with van der Waals surface area (Å²) in [5, 5.41) is 0. The van der Waals surface area contributed by atoms with Crippen LogP contribution in [0.2, 0.25) is 0 Å². The van der Waals surface area contributed by atoms with Crippen LogP contribution in [0.15, 0.2) is 36.7 Å². The summed E-state index contributed by atoms with van der Waals surface area (Å²) in [5.74, 6) is -0.280. The second-order valence-corrected chi connectivity index (χ2v) is 5.90. The zero-order valence-corrected chi connectivity index (χ0v) is 13.4. The molecule has 0 aliphatic carbocycles. The van der Waals surface area contributed by atoms with Gasteiger partial charge in [0.05, 0.1) is 5.69 Å². The molecule has 0 unspecified atom stereocenters. The number of nitrogens with zero attached hydrogens (tertiary/aromatic N) is 3. The number of hydrogen-bond donors (Lipinski definition) is 0. The molecule has 1 aliphatic rings. The second-order valence-electron chi connectivity index (χ2n) is 5.90. The molecule has 3 rings (SSSR count). The smallest absolute Gasteiger partial charge is 0.250 e. The molecule has 1 saturated heterocycles. The highest BCUT2D eigenvalue weighted by Gasteiger charge is 2.22. The van der Waals surface area contributed by atoms with Gasteiger partial charge in [0.1, 0.15) is 6.10 Å². The van der Waals surface area contributed by atoms with E-state index in [0.29, 0.717) is 0 Å². The highest BCUT2D eigenvalue weighted by atomic mass is 19.1. The van der Waals surface area contributed by atoms with Crippen LogP contribution >= 0.6 is 0 Å². The first-order valence-electron chi connectivity index (χ1n) is 8.18. The highest BCUT2D eigenvalue weighted by Crippen LogP contribution is 2.20. The van der Waals surface area contributed by atoms with Crippen LogP contribution in [-0.2, 0) is 13.0 Å². The number of aryl methyl sites for hydroxylation is 1. The minimum atomic E-state index is -0.393. The fourth-order valence-electron chi connectivity index (χ4n) is 2.79. The van der Waals surface area contributed by atoms with Crippen molar-refractivity contribution in [2.24, 2.45) is 0 Å². The Labute approximate surface area is 136 Å². The molecule has 0 radical (unpaired) electrons. The van der Waals surface area contributed by atoms with Crippen LogP contribution in [-0.4, -0.2) is 34.1 Å². The molecule has 0 bridgehead atoms. The number of halogens is 1. The van der Waals surface area contributed by atoms with Crippen molar-refractivity contribution in [3.05, 3.63) is 53.7 Å². The van der Waals surface area contributed by atoms with E-state index in [1.54, 1.807) is 12.3 Å². The predicted molar refractivity (Wildman–Crippen MR) is 86.7 cm³/mol. The van der Waals surface area contributed by atoms with E-state index < -0.39 is 5.82 Å². The third-order valence-electron chi connectivity index (χ3n) is 4.22. The molecule has 3 heterocycles. The van der Waals surface area contributed by atoms with E-state index in [9.17, 15) is 4.39 Å². The quantitative estimate of drug-likeness (QED) is 0.849. The van der Waals surface area contributed by atoms with Crippen molar-refractivity contribution in [1.29, 1.82) is 0 Å². The topological polar surface area (TPSA) is 38.2 Å². The zero-order chi connectivity index (χ0) is 16.1. The monoisotopic (exact) mass is 315 g/mol. The fraction of sp³-hybridized carbons (Fsp3) is 0.444. The molecule has 2 aromatic heterocycles. The molecule has 2 aromatic rings. The van der Waals surface area contributed by atoms with Crippen LogP contribution in [0.5, 0.6) is 5.88 Å². The minimum absolute atomic E-state index is 0.0334. The van der Waals surface area contributed by atoms with Crippen LogP contribution in [0, 0.1) is 5.82 Å². The van der Waals surface area contributed by atoms with E-state index in [4.69, 9.17) is 4.74 Å². The number of likely N-dealkylation sites (tertiary alicyclic amines) is 1. The van der Waals surface area contributed by atoms with Gasteiger partial charge in [-0.3, -0.25) is 9.88 Å². The third kappa shape index (κ3) is 4.26. The van der Waals surface area contributed by atoms with E-state index in [1.165, 1.54) is 11.6 Å². The van der Waals surface area contributed by atoms with Crippen molar-refractivity contribution in [3.8, 4) is 5.88 Å². The van der Waals surface area contributed by atoms with E-state index in [1.807, 2.05) is 6.20 Å². The molecule has 5 heteroatoms. The molecule has 1 aliphatic heterocycles. The van der Waals surface area contributed by atoms with Crippen LogP contribution < -0.4 is 4.74 Å². The van der Waals surface area contributed by atoms with E-state index in [0.717, 1.165) is 44.6 Å². The average molecular weight is 315 g/mol. The normalized spacial score (nSPS) is 16.4. The summed E-state index contributed by atoms with van der Waals surface area (Å²) in [4.78, 5) is 10.8. The maximum atomic E-state index is 13.6. The first kappa shape index (κ1) is 15.9. The van der Waals surface area contributed by atoms with Crippen LogP contribution in [0.1, 0.15) is 31.0 Å².